The molecular formula is C14H20O. The van der Waals surface area contributed by atoms with Crippen molar-refractivity contribution in [3.05, 3.63) is 35.6 Å². The topological polar surface area (TPSA) is 9.23 Å². The molecule has 0 bridgehead atoms. The van der Waals surface area contributed by atoms with Gasteiger partial charge < -0.3 is 4.74 Å². The van der Waals surface area contributed by atoms with Crippen molar-refractivity contribution < 1.29 is 4.74 Å². The molecule has 0 radical (unpaired) electrons. The van der Waals surface area contributed by atoms with Gasteiger partial charge in [0.2, 0.25) is 0 Å². The highest BCUT2D eigenvalue weighted by Gasteiger charge is 2.14. The minimum absolute atomic E-state index is 0.306. The van der Waals surface area contributed by atoms with Gasteiger partial charge in [-0.15, -0.1) is 0 Å². The normalized spacial score (nSPS) is 30.8. The van der Waals surface area contributed by atoms with E-state index >= 15 is 0 Å². The van der Waals surface area contributed by atoms with Crippen molar-refractivity contribution in [2.24, 2.45) is 5.92 Å². The summed E-state index contributed by atoms with van der Waals surface area (Å²) in [6, 6.07) is 0. The fraction of sp³-hybridized carbons (Fsp3) is 0.571. The van der Waals surface area contributed by atoms with Crippen LogP contribution in [0.15, 0.2) is 35.6 Å². The maximum absolute atomic E-state index is 5.97. The van der Waals surface area contributed by atoms with Crippen molar-refractivity contribution in [1.29, 1.82) is 0 Å². The average Bonchev–Trinajstić information content (AvgIpc) is 2.17. The first-order valence-electron chi connectivity index (χ1n) is 5.96. The van der Waals surface area contributed by atoms with Crippen molar-refractivity contribution in [1.82, 2.24) is 0 Å². The van der Waals surface area contributed by atoms with Crippen LogP contribution in [0.3, 0.4) is 0 Å². The molecule has 2 aliphatic rings. The molecule has 15 heavy (non-hydrogen) atoms. The van der Waals surface area contributed by atoms with Gasteiger partial charge in [-0.25, -0.2) is 0 Å². The molecule has 2 aliphatic carbocycles. The second-order valence-electron chi connectivity index (χ2n) is 4.75. The number of rotatable bonds is 2. The zero-order chi connectivity index (χ0) is 10.7. The van der Waals surface area contributed by atoms with Crippen LogP contribution in [0.2, 0.25) is 0 Å². The third-order valence-corrected chi connectivity index (χ3v) is 3.06. The Morgan fingerprint density at radius 3 is 2.93 bits per heavy atom. The van der Waals surface area contributed by atoms with Gasteiger partial charge >= 0.3 is 0 Å². The molecule has 0 aromatic heterocycles. The molecule has 0 aromatic rings. The number of hydrogen-bond donors (Lipinski definition) is 0. The van der Waals surface area contributed by atoms with Crippen LogP contribution in [0, 0.1) is 5.92 Å². The summed E-state index contributed by atoms with van der Waals surface area (Å²) in [5, 5.41) is 0. The standard InChI is InChI=1S/C14H20O/c1-11-5-3-7-13(9-11)15-14-8-4-6-12(2)10-14/h3,7,9-11,14H,4-6,8H2,1-2H3. The maximum Gasteiger partial charge on any atom is 0.117 e. The predicted molar refractivity (Wildman–Crippen MR) is 63.5 cm³/mol. The van der Waals surface area contributed by atoms with Gasteiger partial charge in [-0.3, -0.25) is 0 Å². The molecule has 2 unspecified atom stereocenters. The highest BCUT2D eigenvalue weighted by Crippen LogP contribution is 2.24. The molecule has 0 aliphatic heterocycles. The lowest BCUT2D eigenvalue weighted by Gasteiger charge is -2.23. The molecule has 1 heteroatoms. The van der Waals surface area contributed by atoms with E-state index < -0.39 is 0 Å². The van der Waals surface area contributed by atoms with E-state index in [-0.39, 0.29) is 0 Å². The molecule has 0 aromatic carbocycles. The Bertz CT molecular complexity index is 309. The quantitative estimate of drug-likeness (QED) is 0.618. The molecule has 1 nitrogen and oxygen atoms in total. The van der Waals surface area contributed by atoms with E-state index in [4.69, 9.17) is 4.74 Å². The molecule has 2 rings (SSSR count). The molecule has 2 atom stereocenters. The van der Waals surface area contributed by atoms with Crippen LogP contribution in [-0.2, 0) is 4.74 Å². The highest BCUT2D eigenvalue weighted by molar-refractivity contribution is 5.19. The lowest BCUT2D eigenvalue weighted by atomic mass is 9.98. The van der Waals surface area contributed by atoms with E-state index in [1.54, 1.807) is 0 Å². The summed E-state index contributed by atoms with van der Waals surface area (Å²) in [5.74, 6) is 1.68. The number of hydrogen-bond acceptors (Lipinski definition) is 1. The van der Waals surface area contributed by atoms with Gasteiger partial charge in [0, 0.05) is 0 Å². The van der Waals surface area contributed by atoms with E-state index in [1.807, 2.05) is 0 Å². The second kappa shape index (κ2) is 4.69. The van der Waals surface area contributed by atoms with Gasteiger partial charge in [0.05, 0.1) is 0 Å². The SMILES string of the molecule is CC1=CC(OC2=CC(C)CC=C2)CCC1. The Balaban J connectivity index is 1.97. The van der Waals surface area contributed by atoms with Gasteiger partial charge in [-0.05, 0) is 56.8 Å². The molecule has 0 saturated carbocycles. The summed E-state index contributed by atoms with van der Waals surface area (Å²) in [6.07, 6.45) is 13.9. The maximum atomic E-state index is 5.97. The van der Waals surface area contributed by atoms with E-state index in [9.17, 15) is 0 Å². The highest BCUT2D eigenvalue weighted by atomic mass is 16.5. The van der Waals surface area contributed by atoms with Gasteiger partial charge in [0.1, 0.15) is 11.9 Å². The van der Waals surface area contributed by atoms with Gasteiger partial charge in [0.25, 0.3) is 0 Å². The third-order valence-electron chi connectivity index (χ3n) is 3.06. The summed E-state index contributed by atoms with van der Waals surface area (Å²) in [6.45, 7) is 4.43. The smallest absolute Gasteiger partial charge is 0.117 e. The van der Waals surface area contributed by atoms with E-state index in [0.717, 1.165) is 18.6 Å². The monoisotopic (exact) mass is 204 g/mol. The molecule has 82 valence electrons. The Hall–Kier alpha value is -0.980. The first-order valence-corrected chi connectivity index (χ1v) is 5.96. The summed E-state index contributed by atoms with van der Waals surface area (Å²) >= 11 is 0. The fourth-order valence-corrected chi connectivity index (χ4v) is 2.22. The Labute approximate surface area is 92.5 Å². The van der Waals surface area contributed by atoms with Crippen molar-refractivity contribution >= 4 is 0 Å². The van der Waals surface area contributed by atoms with Gasteiger partial charge in [0.15, 0.2) is 0 Å². The molecular weight excluding hydrogens is 184 g/mol. The summed E-state index contributed by atoms with van der Waals surface area (Å²) in [7, 11) is 0. The third kappa shape index (κ3) is 2.98. The van der Waals surface area contributed by atoms with Crippen LogP contribution in [-0.4, -0.2) is 6.10 Å². The van der Waals surface area contributed by atoms with Gasteiger partial charge in [-0.2, -0.15) is 0 Å². The first-order chi connectivity index (χ1) is 7.24. The molecule has 0 N–H and O–H groups in total. The Kier molecular flexibility index (Phi) is 3.30. The van der Waals surface area contributed by atoms with E-state index in [2.05, 4.69) is 38.2 Å². The van der Waals surface area contributed by atoms with Crippen LogP contribution >= 0.6 is 0 Å². The van der Waals surface area contributed by atoms with Crippen LogP contribution < -0.4 is 0 Å². The van der Waals surface area contributed by atoms with Crippen LogP contribution in [0.1, 0.15) is 39.5 Å². The largest absolute Gasteiger partial charge is 0.487 e. The lowest BCUT2D eigenvalue weighted by Crippen LogP contribution is -2.14. The molecule has 0 amide bonds. The Morgan fingerprint density at radius 1 is 1.33 bits per heavy atom. The fourth-order valence-electron chi connectivity index (χ4n) is 2.22. The summed E-state index contributed by atoms with van der Waals surface area (Å²) in [4.78, 5) is 0. The first kappa shape index (κ1) is 10.5. The van der Waals surface area contributed by atoms with E-state index in [0.29, 0.717) is 12.0 Å². The molecule has 0 saturated heterocycles. The minimum atomic E-state index is 0.306. The second-order valence-corrected chi connectivity index (χ2v) is 4.75. The van der Waals surface area contributed by atoms with Crippen molar-refractivity contribution in [2.75, 3.05) is 0 Å². The summed E-state index contributed by atoms with van der Waals surface area (Å²) in [5.41, 5.74) is 1.47. The van der Waals surface area contributed by atoms with Crippen LogP contribution in [0.4, 0.5) is 0 Å². The minimum Gasteiger partial charge on any atom is -0.487 e. The van der Waals surface area contributed by atoms with Gasteiger partial charge in [-0.1, -0.05) is 18.6 Å². The molecule has 0 fully saturated rings. The zero-order valence-electron chi connectivity index (χ0n) is 9.70. The lowest BCUT2D eigenvalue weighted by molar-refractivity contribution is 0.146. The number of allylic oxidation sites excluding steroid dienone is 4. The zero-order valence-corrected chi connectivity index (χ0v) is 9.70. The van der Waals surface area contributed by atoms with Crippen LogP contribution in [0.5, 0.6) is 0 Å². The van der Waals surface area contributed by atoms with Crippen LogP contribution in [0.25, 0.3) is 0 Å². The van der Waals surface area contributed by atoms with Crippen molar-refractivity contribution in [3.63, 3.8) is 0 Å². The van der Waals surface area contributed by atoms with Crippen molar-refractivity contribution in [3.8, 4) is 0 Å². The van der Waals surface area contributed by atoms with Crippen molar-refractivity contribution in [2.45, 2.75) is 45.6 Å². The molecule has 0 heterocycles. The average molecular weight is 204 g/mol. The predicted octanol–water partition coefficient (Wildman–Crippen LogP) is 3.98. The Morgan fingerprint density at radius 2 is 2.20 bits per heavy atom. The number of ether oxygens (including phenoxy) is 1. The summed E-state index contributed by atoms with van der Waals surface area (Å²) < 4.78 is 5.97. The van der Waals surface area contributed by atoms with E-state index in [1.165, 1.54) is 18.4 Å². The molecule has 0 spiro atoms.